The summed E-state index contributed by atoms with van der Waals surface area (Å²) in [6, 6.07) is 8.65. The number of ether oxygens (including phenoxy) is 1. The first kappa shape index (κ1) is 13.6. The molecule has 0 bridgehead atoms. The monoisotopic (exact) mass is 268 g/mol. The van der Waals surface area contributed by atoms with Gasteiger partial charge in [0.2, 0.25) is 0 Å². The second-order valence-corrected chi connectivity index (χ2v) is 7.20. The first-order valence-electron chi connectivity index (χ1n) is 6.35. The van der Waals surface area contributed by atoms with E-state index in [-0.39, 0.29) is 29.8 Å². The maximum Gasteiger partial charge on any atom is 0.178 e. The molecule has 100 valence electrons. The summed E-state index contributed by atoms with van der Waals surface area (Å²) < 4.78 is 30.4. The fourth-order valence-electron chi connectivity index (χ4n) is 2.60. The highest BCUT2D eigenvalue weighted by atomic mass is 32.2. The first-order chi connectivity index (χ1) is 8.42. The highest BCUT2D eigenvalue weighted by Crippen LogP contribution is 2.34. The van der Waals surface area contributed by atoms with Crippen LogP contribution < -0.4 is 0 Å². The predicted molar refractivity (Wildman–Crippen MR) is 71.2 cm³/mol. The van der Waals surface area contributed by atoms with E-state index in [1.807, 2.05) is 19.9 Å². The molecule has 1 aliphatic heterocycles. The maximum absolute atomic E-state index is 12.3. The third-order valence-corrected chi connectivity index (χ3v) is 5.78. The lowest BCUT2D eigenvalue weighted by atomic mass is 9.91. The van der Waals surface area contributed by atoms with Crippen LogP contribution in [0.3, 0.4) is 0 Å². The lowest BCUT2D eigenvalue weighted by Gasteiger charge is -2.18. The first-order valence-corrected chi connectivity index (χ1v) is 8.00. The Morgan fingerprint density at radius 3 is 2.17 bits per heavy atom. The summed E-state index contributed by atoms with van der Waals surface area (Å²) in [4.78, 5) is 0.406. The standard InChI is InChI=1S/C14H20O3S/c1-10-11(2)17-12(3)14(10)9-18(15,16)13-7-5-4-6-8-13/h4-8,10-12,14H,9H2,1-3H3/t10-,11+,12-,14+/m0/s1. The molecule has 0 spiro atoms. The van der Waals surface area contributed by atoms with Gasteiger partial charge in [0.05, 0.1) is 22.9 Å². The van der Waals surface area contributed by atoms with Crippen LogP contribution in [0.1, 0.15) is 20.8 Å². The van der Waals surface area contributed by atoms with Gasteiger partial charge >= 0.3 is 0 Å². The van der Waals surface area contributed by atoms with Crippen molar-refractivity contribution in [3.05, 3.63) is 30.3 Å². The van der Waals surface area contributed by atoms with Crippen LogP contribution in [0.25, 0.3) is 0 Å². The van der Waals surface area contributed by atoms with Crippen molar-refractivity contribution in [3.8, 4) is 0 Å². The van der Waals surface area contributed by atoms with E-state index in [1.54, 1.807) is 24.3 Å². The van der Waals surface area contributed by atoms with Crippen molar-refractivity contribution >= 4 is 9.84 Å². The second kappa shape index (κ2) is 5.02. The van der Waals surface area contributed by atoms with E-state index in [1.165, 1.54) is 0 Å². The van der Waals surface area contributed by atoms with Crippen LogP contribution in [0.2, 0.25) is 0 Å². The molecule has 1 aromatic rings. The van der Waals surface area contributed by atoms with Crippen molar-refractivity contribution in [2.75, 3.05) is 5.75 Å². The number of sulfone groups is 1. The molecule has 1 saturated heterocycles. The molecule has 1 aromatic carbocycles. The summed E-state index contributed by atoms with van der Waals surface area (Å²) in [5.41, 5.74) is 0. The molecular formula is C14H20O3S. The Balaban J connectivity index is 2.19. The molecule has 0 aliphatic carbocycles. The lowest BCUT2D eigenvalue weighted by molar-refractivity contribution is 0.0526. The van der Waals surface area contributed by atoms with Gasteiger partial charge in [0.1, 0.15) is 0 Å². The third-order valence-electron chi connectivity index (χ3n) is 3.96. The van der Waals surface area contributed by atoms with E-state index >= 15 is 0 Å². The quantitative estimate of drug-likeness (QED) is 0.846. The zero-order valence-corrected chi connectivity index (χ0v) is 11.9. The Bertz CT molecular complexity index is 495. The number of rotatable bonds is 3. The van der Waals surface area contributed by atoms with Gasteiger partial charge in [-0.2, -0.15) is 0 Å². The highest BCUT2D eigenvalue weighted by Gasteiger charge is 2.39. The predicted octanol–water partition coefficient (Wildman–Crippen LogP) is 2.52. The van der Waals surface area contributed by atoms with Crippen molar-refractivity contribution in [2.45, 2.75) is 37.9 Å². The SMILES string of the molecule is C[C@@H]1[C@@H](CS(=O)(=O)c2ccccc2)[C@H](C)O[C@@H]1C. The van der Waals surface area contributed by atoms with Crippen LogP contribution >= 0.6 is 0 Å². The summed E-state index contributed by atoms with van der Waals surface area (Å²) in [6.45, 7) is 6.04. The van der Waals surface area contributed by atoms with E-state index in [0.29, 0.717) is 4.90 Å². The van der Waals surface area contributed by atoms with Crippen molar-refractivity contribution in [1.29, 1.82) is 0 Å². The molecule has 4 atom stereocenters. The van der Waals surface area contributed by atoms with Gasteiger partial charge in [-0.05, 0) is 31.9 Å². The topological polar surface area (TPSA) is 43.4 Å². The molecule has 0 saturated carbocycles. The molecule has 0 radical (unpaired) electrons. The zero-order chi connectivity index (χ0) is 13.3. The zero-order valence-electron chi connectivity index (χ0n) is 11.0. The molecule has 18 heavy (non-hydrogen) atoms. The highest BCUT2D eigenvalue weighted by molar-refractivity contribution is 7.91. The van der Waals surface area contributed by atoms with Crippen LogP contribution in [0.5, 0.6) is 0 Å². The number of hydrogen-bond donors (Lipinski definition) is 0. The maximum atomic E-state index is 12.3. The van der Waals surface area contributed by atoms with E-state index < -0.39 is 9.84 Å². The van der Waals surface area contributed by atoms with Gasteiger partial charge in [-0.25, -0.2) is 8.42 Å². The van der Waals surface area contributed by atoms with Crippen LogP contribution in [0.15, 0.2) is 35.2 Å². The van der Waals surface area contributed by atoms with Gasteiger partial charge in [0.25, 0.3) is 0 Å². The van der Waals surface area contributed by atoms with Gasteiger partial charge < -0.3 is 4.74 Å². The normalized spacial score (nSPS) is 32.6. The second-order valence-electron chi connectivity index (χ2n) is 5.16. The summed E-state index contributed by atoms with van der Waals surface area (Å²) in [5, 5.41) is 0. The van der Waals surface area contributed by atoms with E-state index in [2.05, 4.69) is 6.92 Å². The van der Waals surface area contributed by atoms with Crippen molar-refractivity contribution in [3.63, 3.8) is 0 Å². The fraction of sp³-hybridized carbons (Fsp3) is 0.571. The molecular weight excluding hydrogens is 248 g/mol. The molecule has 0 amide bonds. The lowest BCUT2D eigenvalue weighted by Crippen LogP contribution is -2.26. The molecule has 4 heteroatoms. The molecule has 3 nitrogen and oxygen atoms in total. The van der Waals surface area contributed by atoms with Gasteiger partial charge in [-0.1, -0.05) is 25.1 Å². The average molecular weight is 268 g/mol. The minimum Gasteiger partial charge on any atom is -0.375 e. The summed E-state index contributed by atoms with van der Waals surface area (Å²) in [6.07, 6.45) is 0.143. The largest absolute Gasteiger partial charge is 0.375 e. The molecule has 1 aliphatic rings. The summed E-state index contributed by atoms with van der Waals surface area (Å²) in [7, 11) is -3.21. The van der Waals surface area contributed by atoms with Gasteiger partial charge in [-0.3, -0.25) is 0 Å². The minimum absolute atomic E-state index is 0.00786. The Labute approximate surface area is 109 Å². The van der Waals surface area contributed by atoms with Crippen molar-refractivity contribution in [2.24, 2.45) is 11.8 Å². The Hall–Kier alpha value is -0.870. The molecule has 0 N–H and O–H groups in total. The summed E-state index contributed by atoms with van der Waals surface area (Å²) in [5.74, 6) is 0.521. The fourth-order valence-corrected chi connectivity index (χ4v) is 4.45. The minimum atomic E-state index is -3.21. The molecule has 1 fully saturated rings. The average Bonchev–Trinajstić information content (AvgIpc) is 2.57. The Morgan fingerprint density at radius 1 is 1.06 bits per heavy atom. The number of benzene rings is 1. The Kier molecular flexibility index (Phi) is 3.78. The van der Waals surface area contributed by atoms with Gasteiger partial charge in [0, 0.05) is 5.92 Å². The van der Waals surface area contributed by atoms with Crippen LogP contribution in [0.4, 0.5) is 0 Å². The van der Waals surface area contributed by atoms with Crippen LogP contribution in [0, 0.1) is 11.8 Å². The van der Waals surface area contributed by atoms with E-state index in [4.69, 9.17) is 4.74 Å². The third kappa shape index (κ3) is 2.59. The molecule has 1 heterocycles. The molecule has 2 rings (SSSR count). The van der Waals surface area contributed by atoms with Gasteiger partial charge in [-0.15, -0.1) is 0 Å². The molecule has 0 unspecified atom stereocenters. The number of hydrogen-bond acceptors (Lipinski definition) is 3. The summed E-state index contributed by atoms with van der Waals surface area (Å²) >= 11 is 0. The van der Waals surface area contributed by atoms with E-state index in [9.17, 15) is 8.42 Å². The Morgan fingerprint density at radius 2 is 1.67 bits per heavy atom. The smallest absolute Gasteiger partial charge is 0.178 e. The van der Waals surface area contributed by atoms with Crippen molar-refractivity contribution < 1.29 is 13.2 Å². The van der Waals surface area contributed by atoms with Gasteiger partial charge in [0.15, 0.2) is 9.84 Å². The van der Waals surface area contributed by atoms with E-state index in [0.717, 1.165) is 0 Å². The van der Waals surface area contributed by atoms with Crippen LogP contribution in [-0.4, -0.2) is 26.4 Å². The van der Waals surface area contributed by atoms with Crippen molar-refractivity contribution in [1.82, 2.24) is 0 Å². The van der Waals surface area contributed by atoms with Crippen LogP contribution in [-0.2, 0) is 14.6 Å². The molecule has 0 aromatic heterocycles.